The van der Waals surface area contributed by atoms with Gasteiger partial charge in [0.05, 0.1) is 5.92 Å². The Morgan fingerprint density at radius 3 is 2.93 bits per heavy atom. The molecule has 1 unspecified atom stereocenters. The van der Waals surface area contributed by atoms with Crippen LogP contribution in [0.15, 0.2) is 12.1 Å². The molecule has 80 valence electrons. The Morgan fingerprint density at radius 1 is 1.53 bits per heavy atom. The third kappa shape index (κ3) is 1.97. The molecule has 0 aliphatic heterocycles. The summed E-state index contributed by atoms with van der Waals surface area (Å²) in [5.41, 5.74) is 1.36. The molecule has 0 heterocycles. The Bertz CT molecular complexity index is 417. The molecule has 0 fully saturated rings. The molecule has 0 aromatic heterocycles. The van der Waals surface area contributed by atoms with Crippen molar-refractivity contribution in [2.75, 3.05) is 0 Å². The topological polar surface area (TPSA) is 37.3 Å². The molecule has 1 aromatic carbocycles. The van der Waals surface area contributed by atoms with E-state index >= 15 is 0 Å². The number of aryl methyl sites for hydroxylation is 1. The van der Waals surface area contributed by atoms with Gasteiger partial charge in [-0.2, -0.15) is 0 Å². The molecule has 1 atom stereocenters. The van der Waals surface area contributed by atoms with Crippen LogP contribution in [-0.4, -0.2) is 11.1 Å². The van der Waals surface area contributed by atoms with E-state index in [2.05, 4.69) is 0 Å². The molecule has 1 aromatic rings. The first-order valence-electron chi connectivity index (χ1n) is 4.77. The van der Waals surface area contributed by atoms with Crippen molar-refractivity contribution in [1.82, 2.24) is 0 Å². The maximum atomic E-state index is 13.5. The van der Waals surface area contributed by atoms with E-state index in [4.69, 9.17) is 16.7 Å². The second-order valence-electron chi connectivity index (χ2n) is 3.80. The van der Waals surface area contributed by atoms with Crippen molar-refractivity contribution in [3.8, 4) is 0 Å². The number of carboxylic acid groups (broad SMARTS) is 1. The second kappa shape index (κ2) is 3.81. The SMILES string of the molecule is O=C(O)C1CCc2cc(Cl)cc(F)c2C1. The molecule has 15 heavy (non-hydrogen) atoms. The predicted molar refractivity (Wildman–Crippen MR) is 54.6 cm³/mol. The fraction of sp³-hybridized carbons (Fsp3) is 0.364. The van der Waals surface area contributed by atoms with E-state index in [0.717, 1.165) is 5.56 Å². The largest absolute Gasteiger partial charge is 0.481 e. The normalized spacial score (nSPS) is 19.7. The van der Waals surface area contributed by atoms with E-state index < -0.39 is 11.9 Å². The van der Waals surface area contributed by atoms with Crippen molar-refractivity contribution in [3.63, 3.8) is 0 Å². The van der Waals surface area contributed by atoms with Gasteiger partial charge in [0.15, 0.2) is 0 Å². The third-order valence-corrected chi connectivity index (χ3v) is 3.03. The Kier molecular flexibility index (Phi) is 2.65. The first kappa shape index (κ1) is 10.4. The van der Waals surface area contributed by atoms with Crippen molar-refractivity contribution in [2.24, 2.45) is 5.92 Å². The highest BCUT2D eigenvalue weighted by atomic mass is 35.5. The summed E-state index contributed by atoms with van der Waals surface area (Å²) in [7, 11) is 0. The number of carbonyl (C=O) groups is 1. The van der Waals surface area contributed by atoms with Crippen molar-refractivity contribution in [1.29, 1.82) is 0 Å². The number of benzene rings is 1. The molecular formula is C11H10ClFO2. The van der Waals surface area contributed by atoms with E-state index in [-0.39, 0.29) is 12.2 Å². The number of halogens is 2. The van der Waals surface area contributed by atoms with Gasteiger partial charge in [-0.1, -0.05) is 11.6 Å². The van der Waals surface area contributed by atoms with Crippen LogP contribution in [0.25, 0.3) is 0 Å². The molecule has 0 amide bonds. The molecule has 1 aliphatic carbocycles. The average molecular weight is 229 g/mol. The summed E-state index contributed by atoms with van der Waals surface area (Å²) in [6, 6.07) is 2.96. The molecule has 2 rings (SSSR count). The Labute approximate surface area is 91.7 Å². The molecule has 0 radical (unpaired) electrons. The third-order valence-electron chi connectivity index (χ3n) is 2.81. The molecule has 0 saturated heterocycles. The van der Waals surface area contributed by atoms with Gasteiger partial charge >= 0.3 is 5.97 Å². The van der Waals surface area contributed by atoms with Gasteiger partial charge in [0.25, 0.3) is 0 Å². The van der Waals surface area contributed by atoms with Crippen LogP contribution in [0, 0.1) is 11.7 Å². The maximum Gasteiger partial charge on any atom is 0.306 e. The molecule has 4 heteroatoms. The standard InChI is InChI=1S/C11H10ClFO2/c12-8-3-6-1-2-7(11(14)15)4-9(6)10(13)5-8/h3,5,7H,1-2,4H2,(H,14,15). The highest BCUT2D eigenvalue weighted by Gasteiger charge is 2.26. The molecule has 0 saturated carbocycles. The summed E-state index contributed by atoms with van der Waals surface area (Å²) in [4.78, 5) is 10.8. The molecule has 0 bridgehead atoms. The molecule has 1 aliphatic rings. The van der Waals surface area contributed by atoms with Gasteiger partial charge in [0.2, 0.25) is 0 Å². The smallest absolute Gasteiger partial charge is 0.306 e. The highest BCUT2D eigenvalue weighted by Crippen LogP contribution is 2.30. The van der Waals surface area contributed by atoms with Crippen LogP contribution in [0.5, 0.6) is 0 Å². The number of carboxylic acids is 1. The van der Waals surface area contributed by atoms with Crippen LogP contribution in [0.1, 0.15) is 17.5 Å². The monoisotopic (exact) mass is 228 g/mol. The molecule has 0 spiro atoms. The first-order chi connectivity index (χ1) is 7.08. The zero-order valence-corrected chi connectivity index (χ0v) is 8.72. The van der Waals surface area contributed by atoms with Crippen LogP contribution < -0.4 is 0 Å². The summed E-state index contributed by atoms with van der Waals surface area (Å²) >= 11 is 5.72. The molecule has 2 nitrogen and oxygen atoms in total. The molecular weight excluding hydrogens is 219 g/mol. The summed E-state index contributed by atoms with van der Waals surface area (Å²) in [6.07, 6.45) is 1.42. The van der Waals surface area contributed by atoms with E-state index in [1.54, 1.807) is 6.07 Å². The summed E-state index contributed by atoms with van der Waals surface area (Å²) < 4.78 is 13.5. The van der Waals surface area contributed by atoms with Crippen LogP contribution >= 0.6 is 11.6 Å². The van der Waals surface area contributed by atoms with Gasteiger partial charge in [0, 0.05) is 5.02 Å². The van der Waals surface area contributed by atoms with Crippen LogP contribution in [0.3, 0.4) is 0 Å². The number of rotatable bonds is 1. The minimum absolute atomic E-state index is 0.271. The number of hydrogen-bond acceptors (Lipinski definition) is 1. The zero-order chi connectivity index (χ0) is 11.0. The fourth-order valence-electron chi connectivity index (χ4n) is 2.00. The lowest BCUT2D eigenvalue weighted by Gasteiger charge is -2.22. The lowest BCUT2D eigenvalue weighted by molar-refractivity contribution is -0.142. The van der Waals surface area contributed by atoms with Gasteiger partial charge < -0.3 is 5.11 Å². The van der Waals surface area contributed by atoms with Crippen molar-refractivity contribution < 1.29 is 14.3 Å². The minimum Gasteiger partial charge on any atom is -0.481 e. The van der Waals surface area contributed by atoms with E-state index in [1.165, 1.54) is 6.07 Å². The first-order valence-corrected chi connectivity index (χ1v) is 5.15. The van der Waals surface area contributed by atoms with Gasteiger partial charge in [-0.25, -0.2) is 4.39 Å². The van der Waals surface area contributed by atoms with Crippen LogP contribution in [0.4, 0.5) is 4.39 Å². The van der Waals surface area contributed by atoms with Gasteiger partial charge in [-0.05, 0) is 42.5 Å². The van der Waals surface area contributed by atoms with Crippen LogP contribution in [0.2, 0.25) is 5.02 Å². The number of fused-ring (bicyclic) bond motifs is 1. The zero-order valence-electron chi connectivity index (χ0n) is 7.96. The minimum atomic E-state index is -0.852. The summed E-state index contributed by atoms with van der Waals surface area (Å²) in [5.74, 6) is -1.70. The average Bonchev–Trinajstić information content (AvgIpc) is 2.16. The van der Waals surface area contributed by atoms with Gasteiger partial charge in [-0.3, -0.25) is 4.79 Å². The quantitative estimate of drug-likeness (QED) is 0.803. The van der Waals surface area contributed by atoms with Crippen molar-refractivity contribution >= 4 is 17.6 Å². The summed E-state index contributed by atoms with van der Waals surface area (Å²) in [5, 5.41) is 9.24. The van der Waals surface area contributed by atoms with Gasteiger partial charge in [-0.15, -0.1) is 0 Å². The van der Waals surface area contributed by atoms with Crippen molar-refractivity contribution in [3.05, 3.63) is 34.1 Å². The lowest BCUT2D eigenvalue weighted by Crippen LogP contribution is -2.23. The Hall–Kier alpha value is -1.09. The number of hydrogen-bond donors (Lipinski definition) is 1. The van der Waals surface area contributed by atoms with E-state index in [9.17, 15) is 9.18 Å². The summed E-state index contributed by atoms with van der Waals surface area (Å²) in [6.45, 7) is 0. The maximum absolute atomic E-state index is 13.5. The van der Waals surface area contributed by atoms with E-state index in [0.29, 0.717) is 23.4 Å². The molecule has 1 N–H and O–H groups in total. The Balaban J connectivity index is 2.37. The lowest BCUT2D eigenvalue weighted by atomic mass is 9.84. The predicted octanol–water partition coefficient (Wildman–Crippen LogP) is 2.67. The Morgan fingerprint density at radius 2 is 2.27 bits per heavy atom. The van der Waals surface area contributed by atoms with Crippen molar-refractivity contribution in [2.45, 2.75) is 19.3 Å². The second-order valence-corrected chi connectivity index (χ2v) is 4.24. The van der Waals surface area contributed by atoms with Crippen LogP contribution in [-0.2, 0) is 17.6 Å². The van der Waals surface area contributed by atoms with E-state index in [1.807, 2.05) is 0 Å². The fourth-order valence-corrected chi connectivity index (χ4v) is 2.22. The van der Waals surface area contributed by atoms with Gasteiger partial charge in [0.1, 0.15) is 5.82 Å². The number of aliphatic carboxylic acids is 1. The highest BCUT2D eigenvalue weighted by molar-refractivity contribution is 6.30.